The van der Waals surface area contributed by atoms with Gasteiger partial charge < -0.3 is 10.1 Å². The number of nitrogens with one attached hydrogen (secondary N) is 1. The third-order valence-electron chi connectivity index (χ3n) is 3.08. The van der Waals surface area contributed by atoms with Gasteiger partial charge in [-0.2, -0.15) is 0 Å². The monoisotopic (exact) mass is 235 g/mol. The van der Waals surface area contributed by atoms with Gasteiger partial charge in [-0.05, 0) is 25.2 Å². The third kappa shape index (κ3) is 6.05. The minimum absolute atomic E-state index is 0.0757. The zero-order valence-electron chi connectivity index (χ0n) is 10.2. The predicted molar refractivity (Wildman–Crippen MR) is 68.5 cm³/mol. The lowest BCUT2D eigenvalue weighted by molar-refractivity contribution is -0.110. The Labute approximate surface area is 103 Å². The summed E-state index contributed by atoms with van der Waals surface area (Å²) in [6.07, 6.45) is 15.3. The van der Waals surface area contributed by atoms with E-state index in [0.717, 1.165) is 51.3 Å². The summed E-state index contributed by atoms with van der Waals surface area (Å²) < 4.78 is 0. The molecule has 0 aromatic carbocycles. The molecule has 94 valence electrons. The van der Waals surface area contributed by atoms with Crippen molar-refractivity contribution in [2.24, 2.45) is 11.8 Å². The second kappa shape index (κ2) is 8.74. The van der Waals surface area contributed by atoms with Crippen LogP contribution < -0.4 is 5.32 Å². The number of carbonyl (C=O) groups is 2. The topological polar surface area (TPSA) is 46.2 Å². The Balaban J connectivity index is 2.13. The number of rotatable bonds is 8. The second-order valence-electron chi connectivity index (χ2n) is 4.49. The molecule has 1 aliphatic carbocycles. The fourth-order valence-corrected chi connectivity index (χ4v) is 2.12. The molecule has 1 amide bonds. The molecule has 0 bridgehead atoms. The molecule has 17 heavy (non-hydrogen) atoms. The average molecular weight is 235 g/mol. The Morgan fingerprint density at radius 2 is 1.94 bits per heavy atom. The van der Waals surface area contributed by atoms with Gasteiger partial charge in [0.2, 0.25) is 6.41 Å². The van der Waals surface area contributed by atoms with E-state index in [0.29, 0.717) is 5.92 Å². The molecule has 0 heterocycles. The number of hydrogen-bond donors (Lipinski definition) is 1. The zero-order valence-corrected chi connectivity index (χ0v) is 10.2. The first-order valence-corrected chi connectivity index (χ1v) is 6.34. The lowest BCUT2D eigenvalue weighted by Crippen LogP contribution is -2.12. The van der Waals surface area contributed by atoms with Gasteiger partial charge in [-0.1, -0.05) is 37.1 Å². The summed E-state index contributed by atoms with van der Waals surface area (Å²) >= 11 is 0. The van der Waals surface area contributed by atoms with Crippen molar-refractivity contribution in [3.8, 4) is 0 Å². The number of aldehydes is 1. The van der Waals surface area contributed by atoms with Crippen LogP contribution in [0.15, 0.2) is 24.3 Å². The van der Waals surface area contributed by atoms with Crippen LogP contribution in [0, 0.1) is 11.8 Å². The van der Waals surface area contributed by atoms with Crippen LogP contribution in [0.5, 0.6) is 0 Å². The van der Waals surface area contributed by atoms with E-state index in [4.69, 9.17) is 0 Å². The van der Waals surface area contributed by atoms with Crippen molar-refractivity contribution in [2.45, 2.75) is 32.1 Å². The molecule has 0 aromatic heterocycles. The first-order valence-electron chi connectivity index (χ1n) is 6.34. The molecule has 0 fully saturated rings. The fourth-order valence-electron chi connectivity index (χ4n) is 2.12. The van der Waals surface area contributed by atoms with E-state index in [9.17, 15) is 9.59 Å². The fraction of sp³-hybridized carbons (Fsp3) is 0.571. The molecule has 3 heteroatoms. The van der Waals surface area contributed by atoms with Gasteiger partial charge in [0.15, 0.2) is 0 Å². The van der Waals surface area contributed by atoms with E-state index >= 15 is 0 Å². The predicted octanol–water partition coefficient (Wildman–Crippen LogP) is 2.24. The van der Waals surface area contributed by atoms with E-state index < -0.39 is 0 Å². The van der Waals surface area contributed by atoms with Gasteiger partial charge in [0.05, 0.1) is 0 Å². The maximum atomic E-state index is 10.8. The van der Waals surface area contributed by atoms with Crippen molar-refractivity contribution in [1.29, 1.82) is 0 Å². The molecule has 0 saturated carbocycles. The van der Waals surface area contributed by atoms with Crippen molar-refractivity contribution in [1.82, 2.24) is 5.32 Å². The van der Waals surface area contributed by atoms with E-state index in [1.165, 1.54) is 0 Å². The van der Waals surface area contributed by atoms with Crippen LogP contribution in [0.3, 0.4) is 0 Å². The summed E-state index contributed by atoms with van der Waals surface area (Å²) in [7, 11) is 0. The summed E-state index contributed by atoms with van der Waals surface area (Å²) in [5, 5.41) is 2.66. The largest absolute Gasteiger partial charge is 0.359 e. The molecule has 2 unspecified atom stereocenters. The number of hydrogen-bond acceptors (Lipinski definition) is 2. The normalized spacial score (nSPS) is 23.1. The number of carbonyl (C=O) groups excluding carboxylic acids is 2. The smallest absolute Gasteiger partial charge is 0.207 e. The standard InChI is InChI=1S/C14H21NO2/c16-11-14-8-4-3-7-13(10-14)6-2-1-5-9-15-12-17/h3-4,7-8,11-14H,1-2,5-6,9-10H2,(H,15,17). The summed E-state index contributed by atoms with van der Waals surface area (Å²) in [5.74, 6) is 0.589. The summed E-state index contributed by atoms with van der Waals surface area (Å²) in [6.45, 7) is 0.766. The number of amides is 1. The molecule has 1 N–H and O–H groups in total. The molecule has 1 aliphatic rings. The summed E-state index contributed by atoms with van der Waals surface area (Å²) in [6, 6.07) is 0. The van der Waals surface area contributed by atoms with E-state index in [1.807, 2.05) is 18.2 Å². The quantitative estimate of drug-likeness (QED) is 0.518. The first-order chi connectivity index (χ1) is 8.36. The van der Waals surface area contributed by atoms with Crippen LogP contribution in [0.1, 0.15) is 32.1 Å². The van der Waals surface area contributed by atoms with E-state index in [2.05, 4.69) is 11.4 Å². The van der Waals surface area contributed by atoms with Gasteiger partial charge in [-0.15, -0.1) is 0 Å². The zero-order chi connectivity index (χ0) is 12.3. The minimum Gasteiger partial charge on any atom is -0.359 e. The molecule has 0 saturated heterocycles. The van der Waals surface area contributed by atoms with Gasteiger partial charge in [-0.25, -0.2) is 0 Å². The second-order valence-corrected chi connectivity index (χ2v) is 4.49. The lowest BCUT2D eigenvalue weighted by Gasteiger charge is -2.13. The van der Waals surface area contributed by atoms with Crippen molar-refractivity contribution >= 4 is 12.7 Å². The highest BCUT2D eigenvalue weighted by molar-refractivity contribution is 5.57. The maximum Gasteiger partial charge on any atom is 0.207 e. The highest BCUT2D eigenvalue weighted by atomic mass is 16.1. The molecular formula is C14H21NO2. The molecule has 3 nitrogen and oxygen atoms in total. The van der Waals surface area contributed by atoms with Crippen LogP contribution in [-0.2, 0) is 9.59 Å². The molecule has 0 aliphatic heterocycles. The van der Waals surface area contributed by atoms with Gasteiger partial charge in [0, 0.05) is 12.5 Å². The van der Waals surface area contributed by atoms with Crippen molar-refractivity contribution in [3.05, 3.63) is 24.3 Å². The van der Waals surface area contributed by atoms with Crippen molar-refractivity contribution < 1.29 is 9.59 Å². The van der Waals surface area contributed by atoms with Gasteiger partial charge >= 0.3 is 0 Å². The molecule has 0 radical (unpaired) electrons. The Hall–Kier alpha value is -1.38. The summed E-state index contributed by atoms with van der Waals surface area (Å²) in [5.41, 5.74) is 0. The Kier molecular flexibility index (Phi) is 7.03. The Bertz CT molecular complexity index is 284. The van der Waals surface area contributed by atoms with Crippen molar-refractivity contribution in [3.63, 3.8) is 0 Å². The highest BCUT2D eigenvalue weighted by Crippen LogP contribution is 2.22. The number of allylic oxidation sites excluding steroid dienone is 4. The molecule has 1 rings (SSSR count). The molecule has 0 aromatic rings. The van der Waals surface area contributed by atoms with Gasteiger partial charge in [0.1, 0.15) is 6.29 Å². The van der Waals surface area contributed by atoms with Gasteiger partial charge in [0.25, 0.3) is 0 Å². The third-order valence-corrected chi connectivity index (χ3v) is 3.08. The lowest BCUT2D eigenvalue weighted by atomic mass is 9.92. The molecular weight excluding hydrogens is 214 g/mol. The van der Waals surface area contributed by atoms with Crippen LogP contribution in [0.4, 0.5) is 0 Å². The SMILES string of the molecule is O=CNCCCCCC1C=CC=CC(C=O)C1. The highest BCUT2D eigenvalue weighted by Gasteiger charge is 2.12. The molecule has 0 spiro atoms. The van der Waals surface area contributed by atoms with Crippen LogP contribution in [0.25, 0.3) is 0 Å². The summed E-state index contributed by atoms with van der Waals surface area (Å²) in [4.78, 5) is 20.8. The Morgan fingerprint density at radius 1 is 1.12 bits per heavy atom. The number of unbranched alkanes of at least 4 members (excludes halogenated alkanes) is 2. The van der Waals surface area contributed by atoms with Gasteiger partial charge in [-0.3, -0.25) is 4.79 Å². The van der Waals surface area contributed by atoms with Crippen LogP contribution in [-0.4, -0.2) is 19.2 Å². The van der Waals surface area contributed by atoms with E-state index in [-0.39, 0.29) is 5.92 Å². The van der Waals surface area contributed by atoms with Crippen LogP contribution >= 0.6 is 0 Å². The first kappa shape index (κ1) is 13.7. The maximum absolute atomic E-state index is 10.8. The van der Waals surface area contributed by atoms with E-state index in [1.54, 1.807) is 0 Å². The Morgan fingerprint density at radius 3 is 2.71 bits per heavy atom. The van der Waals surface area contributed by atoms with Crippen molar-refractivity contribution in [2.75, 3.05) is 6.54 Å². The minimum atomic E-state index is 0.0757. The molecule has 2 atom stereocenters. The average Bonchev–Trinajstić information content (AvgIpc) is 2.58. The van der Waals surface area contributed by atoms with Crippen LogP contribution in [0.2, 0.25) is 0 Å².